The van der Waals surface area contributed by atoms with Crippen LogP contribution in [0.3, 0.4) is 0 Å². The fourth-order valence-electron chi connectivity index (χ4n) is 8.63. The minimum absolute atomic E-state index is 0.0107. The maximum Gasteiger partial charge on any atom is 0.417 e. The summed E-state index contributed by atoms with van der Waals surface area (Å²) in [5.41, 5.74) is 2.44. The highest BCUT2D eigenvalue weighted by Crippen LogP contribution is 2.40. The average molecular weight is 1020 g/mol. The van der Waals surface area contributed by atoms with E-state index >= 15 is 0 Å². The molecular formula is C53H56F3N7O7S2. The number of ether oxygens (including phenoxy) is 2. The molecule has 4 amide bonds. The molecule has 14 nitrogen and oxygen atoms in total. The van der Waals surface area contributed by atoms with Gasteiger partial charge in [-0.2, -0.15) is 18.4 Å². The van der Waals surface area contributed by atoms with Crippen LogP contribution in [0.1, 0.15) is 81.8 Å². The van der Waals surface area contributed by atoms with Gasteiger partial charge in [0.05, 0.1) is 58.3 Å². The molecule has 3 heterocycles. The highest BCUT2D eigenvalue weighted by atomic mass is 32.1. The molecule has 4 aromatic carbocycles. The summed E-state index contributed by atoms with van der Waals surface area (Å²) in [7, 11) is 0. The number of hydrogen-bond donors (Lipinski definition) is 3. The summed E-state index contributed by atoms with van der Waals surface area (Å²) in [5, 5.41) is 25.6. The molecule has 3 atom stereocenters. The largest absolute Gasteiger partial charge is 0.494 e. The monoisotopic (exact) mass is 1020 g/mol. The van der Waals surface area contributed by atoms with Gasteiger partial charge in [-0.3, -0.25) is 24.1 Å². The number of thiazole rings is 1. The van der Waals surface area contributed by atoms with Gasteiger partial charge in [0.25, 0.3) is 5.91 Å². The first-order valence-electron chi connectivity index (χ1n) is 23.4. The summed E-state index contributed by atoms with van der Waals surface area (Å²) in [5.74, 6) is -0.527. The third-order valence-corrected chi connectivity index (χ3v) is 13.9. The van der Waals surface area contributed by atoms with E-state index < -0.39 is 58.3 Å². The minimum atomic E-state index is -4.81. The van der Waals surface area contributed by atoms with Gasteiger partial charge in [0.15, 0.2) is 5.11 Å². The third-order valence-electron chi connectivity index (χ3n) is 12.6. The van der Waals surface area contributed by atoms with Crippen molar-refractivity contribution in [1.29, 1.82) is 5.26 Å². The smallest absolute Gasteiger partial charge is 0.417 e. The SMILES string of the molecule is Cc1ncsc1-c1ccc(CNC(=O)[C@@H]2C[C@@H](O)CN2C(=O)C(NC(=O)CCCOc2ccc(CCOc3ccc(N4C(=S)N(c5ccc(C#N)c(C(F)(F)F)c5)C(=O)C4(C)C)cc3)cc2)C(C)(C)C)cc1. The van der Waals surface area contributed by atoms with E-state index in [0.29, 0.717) is 36.6 Å². The van der Waals surface area contributed by atoms with Crippen molar-refractivity contribution < 1.29 is 46.9 Å². The second kappa shape index (κ2) is 21.9. The molecule has 19 heteroatoms. The Morgan fingerprint density at radius 3 is 2.18 bits per heavy atom. The van der Waals surface area contributed by atoms with Gasteiger partial charge >= 0.3 is 6.18 Å². The molecule has 3 N–H and O–H groups in total. The molecule has 2 fully saturated rings. The Hall–Kier alpha value is -6.88. The molecule has 378 valence electrons. The van der Waals surface area contributed by atoms with E-state index in [2.05, 4.69) is 15.6 Å². The number of rotatable bonds is 17. The highest BCUT2D eigenvalue weighted by Gasteiger charge is 2.51. The van der Waals surface area contributed by atoms with Gasteiger partial charge in [-0.15, -0.1) is 11.3 Å². The lowest BCUT2D eigenvalue weighted by Crippen LogP contribution is -2.57. The molecule has 1 aromatic heterocycles. The Morgan fingerprint density at radius 2 is 1.57 bits per heavy atom. The molecule has 72 heavy (non-hydrogen) atoms. The zero-order valence-corrected chi connectivity index (χ0v) is 42.3. The number of nitriles is 1. The fourth-order valence-corrected chi connectivity index (χ4v) is 9.96. The van der Waals surface area contributed by atoms with Crippen LogP contribution in [0, 0.1) is 23.7 Å². The lowest BCUT2D eigenvalue weighted by Gasteiger charge is -2.35. The zero-order valence-electron chi connectivity index (χ0n) is 40.7. The Bertz CT molecular complexity index is 2840. The maximum atomic E-state index is 14.0. The molecule has 1 unspecified atom stereocenters. The second-order valence-corrected chi connectivity index (χ2v) is 20.5. The van der Waals surface area contributed by atoms with Crippen LogP contribution in [0.5, 0.6) is 11.5 Å². The van der Waals surface area contributed by atoms with Crippen molar-refractivity contribution in [3.63, 3.8) is 0 Å². The van der Waals surface area contributed by atoms with Crippen molar-refractivity contribution in [2.45, 2.75) is 104 Å². The van der Waals surface area contributed by atoms with Gasteiger partial charge in [-0.05, 0) is 116 Å². The van der Waals surface area contributed by atoms with Crippen molar-refractivity contribution in [2.75, 3.05) is 29.6 Å². The number of anilines is 2. The molecule has 0 radical (unpaired) electrons. The van der Waals surface area contributed by atoms with Crippen LogP contribution < -0.4 is 29.9 Å². The van der Waals surface area contributed by atoms with Crippen molar-refractivity contribution in [3.8, 4) is 28.0 Å². The topological polar surface area (TPSA) is 177 Å². The number of carbonyl (C=O) groups excluding carboxylic acids is 4. The number of thiocarbonyl (C=S) groups is 1. The fraction of sp³-hybridized carbons (Fsp3) is 0.377. The Kier molecular flexibility index (Phi) is 16.1. The van der Waals surface area contributed by atoms with Gasteiger partial charge in [0.1, 0.15) is 29.1 Å². The molecule has 7 rings (SSSR count). The standard InChI is InChI=1S/C53H56F3N7O7S2/c1-32-45(72-31-59-32)35-13-9-34(10-14-35)29-58-47(66)43-27-39(64)30-61(43)48(67)46(51(2,3)4)60-44(65)8-7-24-69-40-19-11-33(12-20-40)23-25-70-41-21-17-37(18-22-41)63-50(71)62(49(68)52(63,5)6)38-16-15-36(28-57)42(26-38)53(54,55)56/h9-22,26,31,39,43,46,64H,7-8,23-25,27,29-30H2,1-6H3,(H,58,66)(H,60,65)/t39-,43+,46?/m1/s1. The predicted octanol–water partition coefficient (Wildman–Crippen LogP) is 8.52. The van der Waals surface area contributed by atoms with E-state index in [9.17, 15) is 42.7 Å². The summed E-state index contributed by atoms with van der Waals surface area (Å²) >= 11 is 7.20. The number of nitrogens with one attached hydrogen (secondary N) is 2. The van der Waals surface area contributed by atoms with Crippen LogP contribution in [0.25, 0.3) is 10.4 Å². The van der Waals surface area contributed by atoms with Gasteiger partial charge < -0.3 is 35.0 Å². The average Bonchev–Trinajstić information content (AvgIpc) is 4.00. The third kappa shape index (κ3) is 12.1. The molecule has 0 bridgehead atoms. The number of likely N-dealkylation sites (tertiary alicyclic amines) is 1. The second-order valence-electron chi connectivity index (χ2n) is 19.3. The van der Waals surface area contributed by atoms with Gasteiger partial charge in [0.2, 0.25) is 17.7 Å². The molecule has 2 saturated heterocycles. The summed E-state index contributed by atoms with van der Waals surface area (Å²) < 4.78 is 53.1. The van der Waals surface area contributed by atoms with Crippen molar-refractivity contribution >= 4 is 63.7 Å². The van der Waals surface area contributed by atoms with Crippen LogP contribution >= 0.6 is 23.6 Å². The number of alkyl halides is 3. The molecule has 0 aliphatic carbocycles. The van der Waals surface area contributed by atoms with Crippen LogP contribution in [-0.4, -0.2) is 87.2 Å². The van der Waals surface area contributed by atoms with Crippen LogP contribution in [0.15, 0.2) is 96.5 Å². The maximum absolute atomic E-state index is 14.0. The van der Waals surface area contributed by atoms with E-state index in [-0.39, 0.29) is 55.2 Å². The summed E-state index contributed by atoms with van der Waals surface area (Å²) in [6, 6.07) is 24.9. The van der Waals surface area contributed by atoms with Gasteiger partial charge in [-0.25, -0.2) is 4.98 Å². The van der Waals surface area contributed by atoms with E-state index in [1.165, 1.54) is 11.0 Å². The molecule has 5 aromatic rings. The molecule has 2 aliphatic rings. The van der Waals surface area contributed by atoms with Crippen LogP contribution in [-0.2, 0) is 38.3 Å². The Morgan fingerprint density at radius 1 is 0.944 bits per heavy atom. The number of benzene rings is 4. The Balaban J connectivity index is 0.844. The highest BCUT2D eigenvalue weighted by molar-refractivity contribution is 7.81. The number of aromatic nitrogens is 1. The first-order chi connectivity index (χ1) is 34.1. The first kappa shape index (κ1) is 52.9. The number of aryl methyl sites for hydroxylation is 1. The predicted molar refractivity (Wildman–Crippen MR) is 271 cm³/mol. The number of halogens is 3. The Labute approximate surface area is 425 Å². The van der Waals surface area contributed by atoms with Crippen LogP contribution in [0.4, 0.5) is 24.5 Å². The van der Waals surface area contributed by atoms with Gasteiger partial charge in [-0.1, -0.05) is 57.2 Å². The molecule has 0 saturated carbocycles. The summed E-state index contributed by atoms with van der Waals surface area (Å²) in [6.07, 6.45) is -4.57. The van der Waals surface area contributed by atoms with E-state index in [1.54, 1.807) is 65.9 Å². The van der Waals surface area contributed by atoms with Crippen molar-refractivity contribution in [1.82, 2.24) is 20.5 Å². The molecule has 2 aliphatic heterocycles. The first-order valence-corrected chi connectivity index (χ1v) is 24.6. The van der Waals surface area contributed by atoms with Crippen molar-refractivity contribution in [3.05, 3.63) is 124 Å². The number of carbonyl (C=O) groups is 4. The quantitative estimate of drug-likeness (QED) is 0.0601. The lowest BCUT2D eigenvalue weighted by molar-refractivity contribution is -0.144. The lowest BCUT2D eigenvalue weighted by atomic mass is 9.85. The number of amides is 4. The van der Waals surface area contributed by atoms with Crippen LogP contribution in [0.2, 0.25) is 0 Å². The minimum Gasteiger partial charge on any atom is -0.494 e. The van der Waals surface area contributed by atoms with Gasteiger partial charge in [0, 0.05) is 38.0 Å². The van der Waals surface area contributed by atoms with E-state index in [4.69, 9.17) is 21.7 Å². The molecule has 0 spiro atoms. The molecular weight excluding hydrogens is 968 g/mol. The number of nitrogens with zero attached hydrogens (tertiary/aromatic N) is 5. The number of hydrogen-bond acceptors (Lipinski definition) is 11. The van der Waals surface area contributed by atoms with Crippen molar-refractivity contribution in [2.24, 2.45) is 5.41 Å². The summed E-state index contributed by atoms with van der Waals surface area (Å²) in [6.45, 7) is 11.5. The number of aliphatic hydroxyl groups is 1. The number of β-amino-alcohol motifs (C(OH)–C–C–N with tert-alkyl or cyclic N) is 1. The van der Waals surface area contributed by atoms with E-state index in [0.717, 1.165) is 44.3 Å². The van der Waals surface area contributed by atoms with E-state index in [1.807, 2.05) is 76.2 Å². The number of aliphatic hydroxyl groups excluding tert-OH is 1. The summed E-state index contributed by atoms with van der Waals surface area (Å²) in [4.78, 5) is 63.7. The normalized spacial score (nSPS) is 17.2. The zero-order chi connectivity index (χ0) is 52.1.